The van der Waals surface area contributed by atoms with Gasteiger partial charge in [0.2, 0.25) is 0 Å². The molecule has 0 amide bonds. The number of hydrogen-bond donors (Lipinski definition) is 1. The molecule has 1 aromatic carbocycles. The summed E-state index contributed by atoms with van der Waals surface area (Å²) in [5.41, 5.74) is 1.64. The first-order valence-electron chi connectivity index (χ1n) is 8.01. The van der Waals surface area contributed by atoms with Gasteiger partial charge in [-0.15, -0.1) is 0 Å². The Balaban J connectivity index is 2.03. The third kappa shape index (κ3) is 3.54. The topological polar surface area (TPSA) is 21.3 Å². The van der Waals surface area contributed by atoms with Gasteiger partial charge >= 0.3 is 0 Å². The first kappa shape index (κ1) is 15.4. The lowest BCUT2D eigenvalue weighted by Crippen LogP contribution is -2.43. The first-order chi connectivity index (χ1) is 9.56. The smallest absolute Gasteiger partial charge is 0.119 e. The molecule has 0 saturated heterocycles. The van der Waals surface area contributed by atoms with Crippen LogP contribution in [0.2, 0.25) is 0 Å². The zero-order valence-corrected chi connectivity index (χ0v) is 13.4. The maximum atomic E-state index is 6.20. The molecule has 2 unspecified atom stereocenters. The molecule has 1 fully saturated rings. The van der Waals surface area contributed by atoms with Gasteiger partial charge in [-0.05, 0) is 55.8 Å². The van der Waals surface area contributed by atoms with Crippen molar-refractivity contribution in [2.24, 2.45) is 0 Å². The highest BCUT2D eigenvalue weighted by molar-refractivity contribution is 5.31. The van der Waals surface area contributed by atoms with Gasteiger partial charge in [0.25, 0.3) is 0 Å². The van der Waals surface area contributed by atoms with Gasteiger partial charge in [0.05, 0.1) is 0 Å². The van der Waals surface area contributed by atoms with Crippen LogP contribution in [0.4, 0.5) is 0 Å². The van der Waals surface area contributed by atoms with E-state index in [1.807, 2.05) is 7.05 Å². The van der Waals surface area contributed by atoms with Crippen molar-refractivity contribution in [2.45, 2.75) is 70.4 Å². The van der Waals surface area contributed by atoms with Crippen LogP contribution >= 0.6 is 0 Å². The fraction of sp³-hybridized carbons (Fsp3) is 0.667. The highest BCUT2D eigenvalue weighted by atomic mass is 16.5. The molecule has 1 saturated carbocycles. The minimum absolute atomic E-state index is 0.247. The van der Waals surface area contributed by atoms with Crippen molar-refractivity contribution in [3.8, 4) is 5.75 Å². The van der Waals surface area contributed by atoms with E-state index in [2.05, 4.69) is 50.4 Å². The molecule has 2 rings (SSSR count). The molecule has 1 N–H and O–H groups in total. The summed E-state index contributed by atoms with van der Waals surface area (Å²) < 4.78 is 6.20. The van der Waals surface area contributed by atoms with E-state index in [1.165, 1.54) is 24.8 Å². The lowest BCUT2D eigenvalue weighted by Gasteiger charge is -2.32. The van der Waals surface area contributed by atoms with Gasteiger partial charge < -0.3 is 10.1 Å². The summed E-state index contributed by atoms with van der Waals surface area (Å²) in [6.07, 6.45) is 6.45. The van der Waals surface area contributed by atoms with Crippen molar-refractivity contribution < 1.29 is 4.74 Å². The standard InChI is InChI=1S/C18H29NO/c1-5-18(2,3)14-10-12-15(13-11-14)20-17-9-7-6-8-16(17)19-4/h10-13,16-17,19H,5-9H2,1-4H3. The van der Waals surface area contributed by atoms with E-state index in [9.17, 15) is 0 Å². The summed E-state index contributed by atoms with van der Waals surface area (Å²) in [4.78, 5) is 0. The molecule has 2 nitrogen and oxygen atoms in total. The highest BCUT2D eigenvalue weighted by Crippen LogP contribution is 2.29. The van der Waals surface area contributed by atoms with E-state index in [1.54, 1.807) is 0 Å². The monoisotopic (exact) mass is 275 g/mol. The Bertz CT molecular complexity index is 410. The second kappa shape index (κ2) is 6.62. The normalized spacial score (nSPS) is 23.6. The summed E-state index contributed by atoms with van der Waals surface area (Å²) in [6, 6.07) is 9.20. The molecule has 112 valence electrons. The van der Waals surface area contributed by atoms with E-state index in [-0.39, 0.29) is 5.41 Å². The van der Waals surface area contributed by atoms with Crippen LogP contribution in [0.15, 0.2) is 24.3 Å². The Kier molecular flexibility index (Phi) is 5.09. The molecule has 0 aliphatic heterocycles. The average Bonchev–Trinajstić information content (AvgIpc) is 2.48. The molecular weight excluding hydrogens is 246 g/mol. The van der Waals surface area contributed by atoms with Crippen LogP contribution in [0.25, 0.3) is 0 Å². The summed E-state index contributed by atoms with van der Waals surface area (Å²) in [6.45, 7) is 6.83. The maximum absolute atomic E-state index is 6.20. The Morgan fingerprint density at radius 1 is 1.15 bits per heavy atom. The molecule has 1 aliphatic carbocycles. The van der Waals surface area contributed by atoms with Crippen molar-refractivity contribution >= 4 is 0 Å². The predicted octanol–water partition coefficient (Wildman–Crippen LogP) is 4.28. The Morgan fingerprint density at radius 3 is 2.40 bits per heavy atom. The third-order valence-corrected chi connectivity index (χ3v) is 4.88. The molecule has 0 radical (unpaired) electrons. The Hall–Kier alpha value is -1.02. The van der Waals surface area contributed by atoms with E-state index < -0.39 is 0 Å². The average molecular weight is 275 g/mol. The Morgan fingerprint density at radius 2 is 1.80 bits per heavy atom. The highest BCUT2D eigenvalue weighted by Gasteiger charge is 2.25. The van der Waals surface area contributed by atoms with Crippen LogP contribution in [0, 0.1) is 0 Å². The van der Waals surface area contributed by atoms with Crippen LogP contribution in [0.3, 0.4) is 0 Å². The van der Waals surface area contributed by atoms with Gasteiger partial charge in [-0.25, -0.2) is 0 Å². The minimum atomic E-state index is 0.247. The van der Waals surface area contributed by atoms with Crippen molar-refractivity contribution in [2.75, 3.05) is 7.05 Å². The zero-order valence-electron chi connectivity index (χ0n) is 13.4. The number of hydrogen-bond acceptors (Lipinski definition) is 2. The molecule has 0 aromatic heterocycles. The SMILES string of the molecule is CCC(C)(C)c1ccc(OC2CCCCC2NC)cc1. The summed E-state index contributed by atoms with van der Waals surface area (Å²) in [7, 11) is 2.04. The van der Waals surface area contributed by atoms with Gasteiger partial charge in [0.1, 0.15) is 11.9 Å². The van der Waals surface area contributed by atoms with Crippen molar-refractivity contribution in [1.82, 2.24) is 5.32 Å². The number of likely N-dealkylation sites (N-methyl/N-ethyl adjacent to an activating group) is 1. The second-order valence-corrected chi connectivity index (χ2v) is 6.60. The van der Waals surface area contributed by atoms with Crippen LogP contribution in [-0.2, 0) is 5.41 Å². The lowest BCUT2D eigenvalue weighted by atomic mass is 9.82. The van der Waals surface area contributed by atoms with Crippen LogP contribution in [0.5, 0.6) is 5.75 Å². The van der Waals surface area contributed by atoms with Gasteiger partial charge in [-0.3, -0.25) is 0 Å². The minimum Gasteiger partial charge on any atom is -0.489 e. The maximum Gasteiger partial charge on any atom is 0.119 e. The number of benzene rings is 1. The van der Waals surface area contributed by atoms with E-state index in [0.717, 1.165) is 18.6 Å². The third-order valence-electron chi connectivity index (χ3n) is 4.88. The Labute approximate surface area is 123 Å². The van der Waals surface area contributed by atoms with Gasteiger partial charge in [-0.2, -0.15) is 0 Å². The molecule has 20 heavy (non-hydrogen) atoms. The van der Waals surface area contributed by atoms with E-state index >= 15 is 0 Å². The van der Waals surface area contributed by atoms with Crippen LogP contribution in [-0.4, -0.2) is 19.2 Å². The first-order valence-corrected chi connectivity index (χ1v) is 8.01. The van der Waals surface area contributed by atoms with E-state index in [0.29, 0.717) is 12.1 Å². The summed E-state index contributed by atoms with van der Waals surface area (Å²) in [5.74, 6) is 1.01. The van der Waals surface area contributed by atoms with Gasteiger partial charge in [0.15, 0.2) is 0 Å². The molecule has 1 aromatic rings. The van der Waals surface area contributed by atoms with Crippen molar-refractivity contribution in [3.63, 3.8) is 0 Å². The predicted molar refractivity (Wildman–Crippen MR) is 85.5 cm³/mol. The van der Waals surface area contributed by atoms with Crippen LogP contribution < -0.4 is 10.1 Å². The fourth-order valence-electron chi connectivity index (χ4n) is 2.93. The molecule has 0 spiro atoms. The molecule has 0 bridgehead atoms. The van der Waals surface area contributed by atoms with Crippen LogP contribution in [0.1, 0.15) is 58.4 Å². The fourth-order valence-corrected chi connectivity index (χ4v) is 2.93. The number of rotatable bonds is 5. The van der Waals surface area contributed by atoms with Gasteiger partial charge in [-0.1, -0.05) is 39.3 Å². The van der Waals surface area contributed by atoms with Gasteiger partial charge in [0, 0.05) is 6.04 Å². The number of ether oxygens (including phenoxy) is 1. The molecule has 0 heterocycles. The van der Waals surface area contributed by atoms with Crippen molar-refractivity contribution in [3.05, 3.63) is 29.8 Å². The molecule has 2 atom stereocenters. The summed E-state index contributed by atoms with van der Waals surface area (Å²) >= 11 is 0. The second-order valence-electron chi connectivity index (χ2n) is 6.60. The number of nitrogens with one attached hydrogen (secondary N) is 1. The largest absolute Gasteiger partial charge is 0.489 e. The van der Waals surface area contributed by atoms with Crippen molar-refractivity contribution in [1.29, 1.82) is 0 Å². The molecule has 2 heteroatoms. The molecular formula is C18H29NO. The summed E-state index contributed by atoms with van der Waals surface area (Å²) in [5, 5.41) is 3.39. The quantitative estimate of drug-likeness (QED) is 0.866. The lowest BCUT2D eigenvalue weighted by molar-refractivity contribution is 0.118. The van der Waals surface area contributed by atoms with E-state index in [4.69, 9.17) is 4.74 Å². The molecule has 1 aliphatic rings. The zero-order chi connectivity index (χ0) is 14.6.